The van der Waals surface area contributed by atoms with Crippen LogP contribution < -0.4 is 10.5 Å². The number of fused-ring (bicyclic) bond motifs is 2. The monoisotopic (exact) mass is 392 g/mol. The molecule has 2 saturated carbocycles. The highest BCUT2D eigenvalue weighted by Gasteiger charge is 2.42. The van der Waals surface area contributed by atoms with Crippen molar-refractivity contribution in [1.82, 2.24) is 4.90 Å². The smallest absolute Gasteiger partial charge is 0.225 e. The molecule has 1 amide bonds. The number of rotatable bonds is 3. The molecular weight excluding hydrogens is 360 g/mol. The van der Waals surface area contributed by atoms with Crippen LogP contribution in [0.1, 0.15) is 56.4 Å². The first-order valence-electron chi connectivity index (χ1n) is 10.3. The highest BCUT2D eigenvalue weighted by molar-refractivity contribution is 5.85. The number of piperidine rings is 1. The minimum Gasteiger partial charge on any atom is -0.497 e. The maximum absolute atomic E-state index is 13.1. The maximum Gasteiger partial charge on any atom is 0.225 e. The molecule has 0 aromatic heterocycles. The van der Waals surface area contributed by atoms with Gasteiger partial charge in [0, 0.05) is 25.0 Å². The Balaban J connectivity index is 0.00000210. The second-order valence-electron chi connectivity index (χ2n) is 8.57. The van der Waals surface area contributed by atoms with Gasteiger partial charge in [-0.05, 0) is 74.0 Å². The van der Waals surface area contributed by atoms with E-state index in [1.165, 1.54) is 24.8 Å². The van der Waals surface area contributed by atoms with Crippen molar-refractivity contribution in [2.75, 3.05) is 20.2 Å². The number of likely N-dealkylation sites (tertiary alicyclic amines) is 1. The molecule has 2 bridgehead atoms. The molecule has 0 spiro atoms. The molecule has 2 aliphatic carbocycles. The summed E-state index contributed by atoms with van der Waals surface area (Å²) < 4.78 is 5.35. The third kappa shape index (κ3) is 4.27. The number of nitrogens with two attached hydrogens (primary N) is 1. The molecule has 150 valence electrons. The second kappa shape index (κ2) is 8.83. The number of hydrogen-bond acceptors (Lipinski definition) is 3. The highest BCUT2D eigenvalue weighted by atomic mass is 35.5. The molecule has 3 fully saturated rings. The van der Waals surface area contributed by atoms with Gasteiger partial charge in [-0.1, -0.05) is 18.6 Å². The van der Waals surface area contributed by atoms with Crippen molar-refractivity contribution in [1.29, 1.82) is 0 Å². The van der Waals surface area contributed by atoms with Gasteiger partial charge in [0.1, 0.15) is 5.75 Å². The van der Waals surface area contributed by atoms with Gasteiger partial charge in [0.2, 0.25) is 5.91 Å². The topological polar surface area (TPSA) is 55.6 Å². The molecule has 4 nitrogen and oxygen atoms in total. The Kier molecular flexibility index (Phi) is 6.69. The zero-order valence-corrected chi connectivity index (χ0v) is 17.1. The Morgan fingerprint density at radius 1 is 1.11 bits per heavy atom. The molecular formula is C22H33ClN2O2. The Bertz CT molecular complexity index is 631. The van der Waals surface area contributed by atoms with Gasteiger partial charge in [-0.25, -0.2) is 0 Å². The number of ether oxygens (including phenoxy) is 1. The maximum atomic E-state index is 13.1. The highest BCUT2D eigenvalue weighted by Crippen LogP contribution is 2.43. The summed E-state index contributed by atoms with van der Waals surface area (Å²) in [4.78, 5) is 15.2. The Labute approximate surface area is 169 Å². The lowest BCUT2D eigenvalue weighted by molar-refractivity contribution is -0.139. The van der Waals surface area contributed by atoms with Crippen molar-refractivity contribution >= 4 is 18.3 Å². The lowest BCUT2D eigenvalue weighted by Gasteiger charge is -2.45. The van der Waals surface area contributed by atoms with Gasteiger partial charge >= 0.3 is 0 Å². The quantitative estimate of drug-likeness (QED) is 0.846. The molecule has 27 heavy (non-hydrogen) atoms. The fourth-order valence-corrected chi connectivity index (χ4v) is 5.58. The van der Waals surface area contributed by atoms with Crippen LogP contribution in [0.4, 0.5) is 0 Å². The molecule has 1 heterocycles. The van der Waals surface area contributed by atoms with Crippen LogP contribution in [0.2, 0.25) is 0 Å². The van der Waals surface area contributed by atoms with Crippen LogP contribution in [-0.2, 0) is 4.79 Å². The number of halogens is 1. The van der Waals surface area contributed by atoms with Crippen molar-refractivity contribution < 1.29 is 9.53 Å². The summed E-state index contributed by atoms with van der Waals surface area (Å²) in [5.41, 5.74) is 7.74. The first-order chi connectivity index (χ1) is 12.7. The summed E-state index contributed by atoms with van der Waals surface area (Å²) in [6.07, 6.45) is 7.89. The number of benzene rings is 1. The van der Waals surface area contributed by atoms with Gasteiger partial charge in [0.25, 0.3) is 0 Å². The van der Waals surface area contributed by atoms with Gasteiger partial charge in [-0.3, -0.25) is 4.79 Å². The summed E-state index contributed by atoms with van der Waals surface area (Å²) in [5.74, 6) is 3.23. The van der Waals surface area contributed by atoms with Crippen LogP contribution in [0.3, 0.4) is 0 Å². The van der Waals surface area contributed by atoms with E-state index in [2.05, 4.69) is 23.1 Å². The number of carbonyl (C=O) groups is 1. The average molecular weight is 393 g/mol. The molecule has 2 unspecified atom stereocenters. The standard InChI is InChI=1S/C22H32N2O2.ClH/c1-26-20-7-3-4-16(14-20)15-8-10-24(11-9-15)22(25)19-12-17-5-2-6-18(13-19)21(17)23;/h3-4,7,14-15,17-19,21H,2,5-6,8-13,23H2,1H3;1H. The van der Waals surface area contributed by atoms with E-state index in [-0.39, 0.29) is 18.3 Å². The second-order valence-corrected chi connectivity index (χ2v) is 8.57. The Morgan fingerprint density at radius 3 is 2.41 bits per heavy atom. The molecule has 1 aliphatic heterocycles. The van der Waals surface area contributed by atoms with E-state index in [4.69, 9.17) is 10.5 Å². The van der Waals surface area contributed by atoms with E-state index < -0.39 is 0 Å². The van der Waals surface area contributed by atoms with Crippen molar-refractivity contribution in [2.24, 2.45) is 23.5 Å². The molecule has 5 heteroatoms. The zero-order valence-electron chi connectivity index (χ0n) is 16.3. The fourth-order valence-electron chi connectivity index (χ4n) is 5.58. The predicted octanol–water partition coefficient (Wildman–Crippen LogP) is 3.98. The SMILES string of the molecule is COc1cccc(C2CCN(C(=O)C3CC4CCCC(C3)C4N)CC2)c1.Cl. The number of carbonyl (C=O) groups excluding carboxylic acids is 1. The summed E-state index contributed by atoms with van der Waals surface area (Å²) in [7, 11) is 1.71. The number of amides is 1. The van der Waals surface area contributed by atoms with Crippen molar-refractivity contribution in [3.8, 4) is 5.75 Å². The van der Waals surface area contributed by atoms with Crippen LogP contribution in [0.25, 0.3) is 0 Å². The summed E-state index contributed by atoms with van der Waals surface area (Å²) in [6, 6.07) is 8.73. The van der Waals surface area contributed by atoms with Crippen LogP contribution in [-0.4, -0.2) is 37.0 Å². The van der Waals surface area contributed by atoms with E-state index >= 15 is 0 Å². The largest absolute Gasteiger partial charge is 0.497 e. The number of nitrogens with zero attached hydrogens (tertiary/aromatic N) is 1. The predicted molar refractivity (Wildman–Crippen MR) is 110 cm³/mol. The third-order valence-corrected chi connectivity index (χ3v) is 7.13. The van der Waals surface area contributed by atoms with Crippen molar-refractivity contribution in [3.05, 3.63) is 29.8 Å². The first-order valence-corrected chi connectivity index (χ1v) is 10.3. The van der Waals surface area contributed by atoms with E-state index in [0.717, 1.165) is 44.5 Å². The van der Waals surface area contributed by atoms with E-state index in [9.17, 15) is 4.79 Å². The van der Waals surface area contributed by atoms with Crippen LogP contribution >= 0.6 is 12.4 Å². The average Bonchev–Trinajstić information content (AvgIpc) is 2.67. The van der Waals surface area contributed by atoms with Gasteiger partial charge in [-0.15, -0.1) is 12.4 Å². The summed E-state index contributed by atoms with van der Waals surface area (Å²) >= 11 is 0. The van der Waals surface area contributed by atoms with Crippen molar-refractivity contribution in [2.45, 2.75) is 56.9 Å². The van der Waals surface area contributed by atoms with Crippen LogP contribution in [0, 0.1) is 17.8 Å². The Hall–Kier alpha value is -1.26. The minimum absolute atomic E-state index is 0. The zero-order chi connectivity index (χ0) is 18.1. The molecule has 2 atom stereocenters. The summed E-state index contributed by atoms with van der Waals surface area (Å²) in [6.45, 7) is 1.77. The van der Waals surface area contributed by atoms with Crippen LogP contribution in [0.5, 0.6) is 5.75 Å². The third-order valence-electron chi connectivity index (χ3n) is 7.13. The molecule has 1 aromatic carbocycles. The molecule has 2 N–H and O–H groups in total. The number of hydrogen-bond donors (Lipinski definition) is 1. The van der Waals surface area contributed by atoms with E-state index in [1.54, 1.807) is 7.11 Å². The van der Waals surface area contributed by atoms with Crippen LogP contribution in [0.15, 0.2) is 24.3 Å². The molecule has 0 radical (unpaired) electrons. The molecule has 4 rings (SSSR count). The number of methoxy groups -OCH3 is 1. The lowest BCUT2D eigenvalue weighted by atomic mass is 9.65. The van der Waals surface area contributed by atoms with Crippen molar-refractivity contribution in [3.63, 3.8) is 0 Å². The summed E-state index contributed by atoms with van der Waals surface area (Å²) in [5, 5.41) is 0. The minimum atomic E-state index is 0. The lowest BCUT2D eigenvalue weighted by Crippen LogP contribution is -2.50. The van der Waals surface area contributed by atoms with E-state index in [0.29, 0.717) is 29.7 Å². The Morgan fingerprint density at radius 2 is 1.78 bits per heavy atom. The first kappa shape index (κ1) is 20.5. The molecule has 1 saturated heterocycles. The molecule has 1 aromatic rings. The van der Waals surface area contributed by atoms with Gasteiger partial charge < -0.3 is 15.4 Å². The van der Waals surface area contributed by atoms with Gasteiger partial charge in [-0.2, -0.15) is 0 Å². The van der Waals surface area contributed by atoms with E-state index in [1.807, 2.05) is 6.07 Å². The van der Waals surface area contributed by atoms with Gasteiger partial charge in [0.05, 0.1) is 7.11 Å². The fraction of sp³-hybridized carbons (Fsp3) is 0.682. The normalized spacial score (nSPS) is 31.1. The van der Waals surface area contributed by atoms with Gasteiger partial charge in [0.15, 0.2) is 0 Å². The molecule has 3 aliphatic rings.